The molecule has 2 aliphatic rings. The summed E-state index contributed by atoms with van der Waals surface area (Å²) in [5, 5.41) is 2.92. The predicted octanol–water partition coefficient (Wildman–Crippen LogP) is 3.60. The van der Waals surface area contributed by atoms with Crippen LogP contribution in [0.1, 0.15) is 24.8 Å². The third kappa shape index (κ3) is 3.05. The first-order chi connectivity index (χ1) is 14.8. The number of sulfonamides is 1. The summed E-state index contributed by atoms with van der Waals surface area (Å²) < 4.78 is 55.3. The van der Waals surface area contributed by atoms with Crippen molar-refractivity contribution in [2.24, 2.45) is 0 Å². The third-order valence-electron chi connectivity index (χ3n) is 5.84. The van der Waals surface area contributed by atoms with Crippen molar-refractivity contribution in [3.05, 3.63) is 66.3 Å². The molecule has 1 amide bonds. The van der Waals surface area contributed by atoms with E-state index in [0.717, 1.165) is 18.6 Å². The van der Waals surface area contributed by atoms with E-state index in [9.17, 15) is 22.0 Å². The molecule has 1 fully saturated rings. The van der Waals surface area contributed by atoms with E-state index in [1.807, 2.05) is 0 Å². The summed E-state index contributed by atoms with van der Waals surface area (Å²) in [4.78, 5) is 20.1. The molecular formula is C21H16F2N4O3S. The van der Waals surface area contributed by atoms with Crippen LogP contribution in [0, 0.1) is 11.6 Å². The van der Waals surface area contributed by atoms with Gasteiger partial charge in [0.05, 0.1) is 11.1 Å². The third-order valence-corrected chi connectivity index (χ3v) is 7.26. The Hall–Kier alpha value is -3.40. The second kappa shape index (κ2) is 6.81. The average molecular weight is 442 g/mol. The van der Waals surface area contributed by atoms with Gasteiger partial charge in [-0.25, -0.2) is 27.2 Å². The van der Waals surface area contributed by atoms with Gasteiger partial charge in [-0.05, 0) is 42.7 Å². The Morgan fingerprint density at radius 1 is 1.06 bits per heavy atom. The van der Waals surface area contributed by atoms with Crippen LogP contribution in [-0.2, 0) is 20.2 Å². The maximum atomic E-state index is 14.1. The number of amides is 1. The maximum absolute atomic E-state index is 14.1. The molecule has 1 spiro atoms. The smallest absolute Gasteiger partial charge is 0.264 e. The number of aromatic nitrogens is 2. The number of fused-ring (bicyclic) bond motifs is 2. The zero-order valence-electron chi connectivity index (χ0n) is 16.0. The standard InChI is InChI=1S/C21H16F2N4O3S/c22-13-2-3-18(17(23)6-13)31(29,30)27-14-7-15(12-9-24-11-25-10-12)19-16(8-14)21(4-1-5-21)20(28)26-19/h2-3,6-11,27H,1,4-5H2,(H,26,28). The zero-order valence-corrected chi connectivity index (χ0v) is 16.8. The Labute approximate surface area is 176 Å². The summed E-state index contributed by atoms with van der Waals surface area (Å²) in [6.07, 6.45) is 6.66. The van der Waals surface area contributed by atoms with Crippen LogP contribution in [0.25, 0.3) is 11.1 Å². The molecule has 7 nitrogen and oxygen atoms in total. The minimum atomic E-state index is -4.34. The number of carbonyl (C=O) groups excluding carboxylic acids is 1. The van der Waals surface area contributed by atoms with Crippen molar-refractivity contribution in [2.45, 2.75) is 29.6 Å². The number of benzene rings is 2. The lowest BCUT2D eigenvalue weighted by Gasteiger charge is -2.36. The van der Waals surface area contributed by atoms with E-state index in [-0.39, 0.29) is 11.6 Å². The van der Waals surface area contributed by atoms with E-state index in [0.29, 0.717) is 41.3 Å². The molecule has 2 aromatic carbocycles. The molecule has 0 unspecified atom stereocenters. The fourth-order valence-corrected chi connectivity index (χ4v) is 5.27. The quantitative estimate of drug-likeness (QED) is 0.643. The molecule has 31 heavy (non-hydrogen) atoms. The Kier molecular flexibility index (Phi) is 4.30. The lowest BCUT2D eigenvalue weighted by Crippen LogP contribution is -2.40. The lowest BCUT2D eigenvalue weighted by molar-refractivity contribution is -0.123. The molecule has 0 saturated heterocycles. The molecule has 10 heteroatoms. The second-order valence-corrected chi connectivity index (χ2v) is 9.29. The number of nitrogens with zero attached hydrogens (tertiary/aromatic N) is 2. The largest absolute Gasteiger partial charge is 0.324 e. The van der Waals surface area contributed by atoms with Crippen LogP contribution in [0.2, 0.25) is 0 Å². The minimum Gasteiger partial charge on any atom is -0.324 e. The van der Waals surface area contributed by atoms with Crippen LogP contribution < -0.4 is 10.0 Å². The SMILES string of the molecule is O=C1Nc2c(-c3cncnc3)cc(NS(=O)(=O)c3ccc(F)cc3F)cc2C12CCC2. The van der Waals surface area contributed by atoms with Crippen molar-refractivity contribution in [3.63, 3.8) is 0 Å². The highest BCUT2D eigenvalue weighted by molar-refractivity contribution is 7.92. The lowest BCUT2D eigenvalue weighted by atomic mass is 9.65. The zero-order chi connectivity index (χ0) is 21.8. The highest BCUT2D eigenvalue weighted by Gasteiger charge is 2.52. The van der Waals surface area contributed by atoms with Crippen LogP contribution in [0.4, 0.5) is 20.2 Å². The molecule has 3 aromatic rings. The van der Waals surface area contributed by atoms with Gasteiger partial charge in [0.15, 0.2) is 0 Å². The van der Waals surface area contributed by atoms with Gasteiger partial charge in [-0.2, -0.15) is 0 Å². The fraction of sp³-hybridized carbons (Fsp3) is 0.190. The van der Waals surface area contributed by atoms with Crippen LogP contribution in [0.5, 0.6) is 0 Å². The number of carbonyl (C=O) groups is 1. The Balaban J connectivity index is 1.64. The van der Waals surface area contributed by atoms with Crippen LogP contribution in [0.15, 0.2) is 53.9 Å². The first-order valence-electron chi connectivity index (χ1n) is 9.53. The van der Waals surface area contributed by atoms with Gasteiger partial charge in [0.25, 0.3) is 10.0 Å². The van der Waals surface area contributed by atoms with Crippen molar-refractivity contribution in [3.8, 4) is 11.1 Å². The van der Waals surface area contributed by atoms with Crippen molar-refractivity contribution >= 4 is 27.3 Å². The van der Waals surface area contributed by atoms with Gasteiger partial charge in [0.2, 0.25) is 5.91 Å². The van der Waals surface area contributed by atoms with E-state index >= 15 is 0 Å². The van der Waals surface area contributed by atoms with Crippen molar-refractivity contribution in [1.29, 1.82) is 0 Å². The summed E-state index contributed by atoms with van der Waals surface area (Å²) in [7, 11) is -4.34. The fourth-order valence-electron chi connectivity index (χ4n) is 4.16. The molecule has 1 aliphatic heterocycles. The van der Waals surface area contributed by atoms with Crippen LogP contribution in [0.3, 0.4) is 0 Å². The van der Waals surface area contributed by atoms with Gasteiger partial charge in [0.1, 0.15) is 22.9 Å². The number of rotatable bonds is 4. The molecule has 0 atom stereocenters. The number of hydrogen-bond donors (Lipinski definition) is 2. The van der Waals surface area contributed by atoms with Gasteiger partial charge >= 0.3 is 0 Å². The normalized spacial score (nSPS) is 16.5. The maximum Gasteiger partial charge on any atom is 0.264 e. The Morgan fingerprint density at radius 2 is 1.81 bits per heavy atom. The minimum absolute atomic E-state index is 0.128. The van der Waals surface area contributed by atoms with E-state index in [4.69, 9.17) is 0 Å². The molecule has 1 aliphatic carbocycles. The van der Waals surface area contributed by atoms with Crippen LogP contribution >= 0.6 is 0 Å². The molecule has 0 bridgehead atoms. The molecule has 2 N–H and O–H groups in total. The molecule has 1 saturated carbocycles. The van der Waals surface area contributed by atoms with Gasteiger partial charge in [0, 0.05) is 35.3 Å². The summed E-state index contributed by atoms with van der Waals surface area (Å²) in [5.41, 5.74) is 1.86. The van der Waals surface area contributed by atoms with Gasteiger partial charge < -0.3 is 5.32 Å². The topological polar surface area (TPSA) is 101 Å². The van der Waals surface area contributed by atoms with Crippen LogP contribution in [-0.4, -0.2) is 24.3 Å². The van der Waals surface area contributed by atoms with E-state index in [1.165, 1.54) is 12.4 Å². The Bertz CT molecular complexity index is 1330. The molecular weight excluding hydrogens is 426 g/mol. The highest BCUT2D eigenvalue weighted by Crippen LogP contribution is 2.54. The molecule has 158 valence electrons. The summed E-state index contributed by atoms with van der Waals surface area (Å²) >= 11 is 0. The van der Waals surface area contributed by atoms with Gasteiger partial charge in [-0.15, -0.1) is 0 Å². The second-order valence-electron chi connectivity index (χ2n) is 7.64. The van der Waals surface area contributed by atoms with Crippen molar-refractivity contribution < 1.29 is 22.0 Å². The van der Waals surface area contributed by atoms with Crippen molar-refractivity contribution in [1.82, 2.24) is 9.97 Å². The molecule has 0 radical (unpaired) electrons. The number of anilines is 2. The monoisotopic (exact) mass is 442 g/mol. The number of halogens is 2. The Morgan fingerprint density at radius 3 is 2.45 bits per heavy atom. The van der Waals surface area contributed by atoms with Crippen molar-refractivity contribution in [2.75, 3.05) is 10.0 Å². The van der Waals surface area contributed by atoms with Gasteiger partial charge in [-0.3, -0.25) is 9.52 Å². The predicted molar refractivity (Wildman–Crippen MR) is 109 cm³/mol. The number of hydrogen-bond acceptors (Lipinski definition) is 5. The van der Waals surface area contributed by atoms with Gasteiger partial charge in [-0.1, -0.05) is 6.42 Å². The van der Waals surface area contributed by atoms with E-state index in [2.05, 4.69) is 20.0 Å². The molecule has 5 rings (SSSR count). The van der Waals surface area contributed by atoms with E-state index in [1.54, 1.807) is 18.5 Å². The highest BCUT2D eigenvalue weighted by atomic mass is 32.2. The summed E-state index contributed by atoms with van der Waals surface area (Å²) in [5.74, 6) is -2.20. The summed E-state index contributed by atoms with van der Waals surface area (Å²) in [6, 6.07) is 5.38. The molecule has 2 heterocycles. The van der Waals surface area contributed by atoms with E-state index < -0.39 is 32.0 Å². The first-order valence-corrected chi connectivity index (χ1v) is 11.0. The number of nitrogens with one attached hydrogen (secondary N) is 2. The molecule has 1 aromatic heterocycles. The summed E-state index contributed by atoms with van der Waals surface area (Å²) in [6.45, 7) is 0. The first kappa shape index (κ1) is 19.6. The average Bonchev–Trinajstić information content (AvgIpc) is 2.99.